The lowest BCUT2D eigenvalue weighted by atomic mass is 9.85. The molecule has 0 aromatic carbocycles. The van der Waals surface area contributed by atoms with E-state index in [9.17, 15) is 4.79 Å². The van der Waals surface area contributed by atoms with Gasteiger partial charge in [-0.25, -0.2) is 4.98 Å². The van der Waals surface area contributed by atoms with Gasteiger partial charge in [-0.05, 0) is 31.6 Å². The van der Waals surface area contributed by atoms with E-state index in [0.717, 1.165) is 45.4 Å². The Morgan fingerprint density at radius 3 is 3.18 bits per heavy atom. The second-order valence-electron chi connectivity index (χ2n) is 6.57. The third kappa shape index (κ3) is 3.03. The third-order valence-corrected chi connectivity index (χ3v) is 4.88. The molecule has 1 amide bonds. The molecule has 6 nitrogen and oxygen atoms in total. The van der Waals surface area contributed by atoms with Crippen LogP contribution in [-0.2, 0) is 16.5 Å². The zero-order chi connectivity index (χ0) is 15.6. The molecular formula is C16H25N3O3. The van der Waals surface area contributed by atoms with Crippen LogP contribution in [-0.4, -0.2) is 59.4 Å². The Morgan fingerprint density at radius 2 is 2.45 bits per heavy atom. The van der Waals surface area contributed by atoms with Crippen LogP contribution in [0, 0.1) is 5.92 Å². The molecule has 1 aromatic heterocycles. The lowest BCUT2D eigenvalue weighted by Crippen LogP contribution is -2.50. The van der Waals surface area contributed by atoms with Crippen molar-refractivity contribution in [3.63, 3.8) is 0 Å². The van der Waals surface area contributed by atoms with Gasteiger partial charge in [0.2, 0.25) is 0 Å². The quantitative estimate of drug-likeness (QED) is 0.845. The van der Waals surface area contributed by atoms with Gasteiger partial charge in [0.15, 0.2) is 0 Å². The normalized spacial score (nSPS) is 28.5. The number of aromatic nitrogens is 2. The van der Waals surface area contributed by atoms with Gasteiger partial charge in [-0.1, -0.05) is 0 Å². The summed E-state index contributed by atoms with van der Waals surface area (Å²) in [5.41, 5.74) is 0.497. The van der Waals surface area contributed by atoms with Crippen molar-refractivity contribution in [3.05, 3.63) is 18.2 Å². The van der Waals surface area contributed by atoms with E-state index in [1.54, 1.807) is 24.2 Å². The predicted octanol–water partition coefficient (Wildman–Crippen LogP) is 1.47. The average Bonchev–Trinajstić information content (AvgIpc) is 3.11. The van der Waals surface area contributed by atoms with Crippen molar-refractivity contribution < 1.29 is 14.3 Å². The van der Waals surface area contributed by atoms with Crippen LogP contribution < -0.4 is 0 Å². The topological polar surface area (TPSA) is 56.6 Å². The summed E-state index contributed by atoms with van der Waals surface area (Å²) in [5, 5.41) is 0. The maximum atomic E-state index is 12.7. The highest BCUT2D eigenvalue weighted by Gasteiger charge is 2.44. The van der Waals surface area contributed by atoms with Crippen LogP contribution in [0.4, 0.5) is 0 Å². The highest BCUT2D eigenvalue weighted by Crippen LogP contribution is 2.38. The Hall–Kier alpha value is -1.40. The molecule has 0 unspecified atom stereocenters. The zero-order valence-corrected chi connectivity index (χ0v) is 13.5. The number of rotatable bonds is 4. The zero-order valence-electron chi connectivity index (χ0n) is 13.5. The van der Waals surface area contributed by atoms with Crippen LogP contribution >= 0.6 is 0 Å². The molecule has 2 fully saturated rings. The van der Waals surface area contributed by atoms with E-state index >= 15 is 0 Å². The highest BCUT2D eigenvalue weighted by molar-refractivity contribution is 5.92. The lowest BCUT2D eigenvalue weighted by molar-refractivity contribution is -0.0452. The van der Waals surface area contributed by atoms with Crippen molar-refractivity contribution in [2.24, 2.45) is 13.0 Å². The number of hydrogen-bond donors (Lipinski definition) is 0. The molecule has 0 saturated carbocycles. The number of aryl methyl sites for hydroxylation is 1. The molecule has 1 spiro atoms. The molecule has 122 valence electrons. The Balaban J connectivity index is 1.65. The molecular weight excluding hydrogens is 282 g/mol. The number of carbonyl (C=O) groups is 1. The number of piperidine rings is 1. The number of amides is 1. The molecule has 2 aliphatic rings. The summed E-state index contributed by atoms with van der Waals surface area (Å²) in [6, 6.07) is 0. The fraction of sp³-hybridized carbons (Fsp3) is 0.750. The van der Waals surface area contributed by atoms with Gasteiger partial charge in [0.05, 0.1) is 31.3 Å². The van der Waals surface area contributed by atoms with E-state index in [1.165, 1.54) is 0 Å². The Bertz CT molecular complexity index is 530. The lowest BCUT2D eigenvalue weighted by Gasteiger charge is -2.39. The van der Waals surface area contributed by atoms with Gasteiger partial charge in [0, 0.05) is 27.3 Å². The van der Waals surface area contributed by atoms with Crippen LogP contribution in [0.3, 0.4) is 0 Å². The number of nitrogens with zero attached hydrogens (tertiary/aromatic N) is 3. The molecule has 0 aliphatic carbocycles. The smallest absolute Gasteiger partial charge is 0.272 e. The Morgan fingerprint density at radius 1 is 1.59 bits per heavy atom. The second-order valence-corrected chi connectivity index (χ2v) is 6.57. The molecule has 2 aliphatic heterocycles. The van der Waals surface area contributed by atoms with Crippen LogP contribution in [0.25, 0.3) is 0 Å². The first kappa shape index (κ1) is 15.5. The number of carbonyl (C=O) groups excluding carboxylic acids is 1. The summed E-state index contributed by atoms with van der Waals surface area (Å²) in [4.78, 5) is 18.6. The Labute approximate surface area is 131 Å². The fourth-order valence-electron chi connectivity index (χ4n) is 3.69. The van der Waals surface area contributed by atoms with Crippen LogP contribution in [0.5, 0.6) is 0 Å². The monoisotopic (exact) mass is 307 g/mol. The molecule has 0 N–H and O–H groups in total. The number of imidazole rings is 1. The van der Waals surface area contributed by atoms with E-state index in [-0.39, 0.29) is 11.5 Å². The van der Waals surface area contributed by atoms with Crippen molar-refractivity contribution >= 4 is 5.91 Å². The maximum absolute atomic E-state index is 12.7. The molecule has 3 rings (SSSR count). The standard InChI is InChI=1S/C16H25N3O3/c1-18-12-17-9-14(18)15(20)19-6-3-5-16(11-19)8-13(10-22-16)4-7-21-2/h9,12-13H,3-8,10-11H2,1-2H3/t13-,16+/m0/s1. The van der Waals surface area contributed by atoms with Crippen molar-refractivity contribution in [1.82, 2.24) is 14.5 Å². The van der Waals surface area contributed by atoms with Gasteiger partial charge in [-0.2, -0.15) is 0 Å². The molecule has 0 radical (unpaired) electrons. The van der Waals surface area contributed by atoms with Gasteiger partial charge in [0.25, 0.3) is 5.91 Å². The summed E-state index contributed by atoms with van der Waals surface area (Å²) in [6.45, 7) is 3.07. The fourth-order valence-corrected chi connectivity index (χ4v) is 3.69. The Kier molecular flexibility index (Phi) is 4.49. The maximum Gasteiger partial charge on any atom is 0.272 e. The largest absolute Gasteiger partial charge is 0.385 e. The number of likely N-dealkylation sites (tertiary alicyclic amines) is 1. The molecule has 6 heteroatoms. The summed E-state index contributed by atoms with van der Waals surface area (Å²) >= 11 is 0. The van der Waals surface area contributed by atoms with Crippen LogP contribution in [0.2, 0.25) is 0 Å². The molecule has 2 saturated heterocycles. The average molecular weight is 307 g/mol. The first-order chi connectivity index (χ1) is 10.6. The molecule has 3 heterocycles. The highest BCUT2D eigenvalue weighted by atomic mass is 16.5. The van der Waals surface area contributed by atoms with E-state index in [0.29, 0.717) is 18.2 Å². The van der Waals surface area contributed by atoms with Crippen molar-refractivity contribution in [1.29, 1.82) is 0 Å². The summed E-state index contributed by atoms with van der Waals surface area (Å²) < 4.78 is 13.1. The van der Waals surface area contributed by atoms with Crippen LogP contribution in [0.15, 0.2) is 12.5 Å². The van der Waals surface area contributed by atoms with Gasteiger partial charge < -0.3 is 18.9 Å². The van der Waals surface area contributed by atoms with Crippen molar-refractivity contribution in [3.8, 4) is 0 Å². The summed E-state index contributed by atoms with van der Waals surface area (Å²) in [7, 11) is 3.59. The number of methoxy groups -OCH3 is 1. The molecule has 0 bridgehead atoms. The summed E-state index contributed by atoms with van der Waals surface area (Å²) in [6.07, 6.45) is 7.42. The van der Waals surface area contributed by atoms with Crippen LogP contribution in [0.1, 0.15) is 36.2 Å². The van der Waals surface area contributed by atoms with Gasteiger partial charge in [-0.3, -0.25) is 4.79 Å². The van der Waals surface area contributed by atoms with E-state index in [4.69, 9.17) is 9.47 Å². The predicted molar refractivity (Wildman–Crippen MR) is 81.6 cm³/mol. The van der Waals surface area contributed by atoms with E-state index < -0.39 is 0 Å². The van der Waals surface area contributed by atoms with Gasteiger partial charge in [0.1, 0.15) is 5.69 Å². The van der Waals surface area contributed by atoms with Crippen molar-refractivity contribution in [2.45, 2.75) is 31.3 Å². The number of ether oxygens (including phenoxy) is 2. The first-order valence-corrected chi connectivity index (χ1v) is 8.02. The minimum atomic E-state index is -0.148. The van der Waals surface area contributed by atoms with Crippen molar-refractivity contribution in [2.75, 3.05) is 33.4 Å². The molecule has 1 aromatic rings. The second kappa shape index (κ2) is 6.38. The van der Waals surface area contributed by atoms with Gasteiger partial charge in [-0.15, -0.1) is 0 Å². The summed E-state index contributed by atoms with van der Waals surface area (Å²) in [5.74, 6) is 0.606. The minimum absolute atomic E-state index is 0.0583. The minimum Gasteiger partial charge on any atom is -0.385 e. The number of hydrogen-bond acceptors (Lipinski definition) is 4. The van der Waals surface area contributed by atoms with Gasteiger partial charge >= 0.3 is 0 Å². The SMILES string of the molecule is COCC[C@@H]1CO[C@]2(CCCN(C(=O)c3cncn3C)C2)C1. The van der Waals surface area contributed by atoms with E-state index in [1.807, 2.05) is 11.9 Å². The molecule has 22 heavy (non-hydrogen) atoms. The third-order valence-electron chi connectivity index (χ3n) is 4.88. The molecule has 2 atom stereocenters. The first-order valence-electron chi connectivity index (χ1n) is 8.02. The van der Waals surface area contributed by atoms with E-state index in [2.05, 4.69) is 4.98 Å².